The molecule has 0 fully saturated rings. The molecule has 0 saturated heterocycles. The summed E-state index contributed by atoms with van der Waals surface area (Å²) in [6, 6.07) is 9.32. The average Bonchev–Trinajstić information content (AvgIpc) is 2.91. The van der Waals surface area contributed by atoms with Crippen LogP contribution < -0.4 is 19.5 Å². The molecule has 0 spiro atoms. The van der Waals surface area contributed by atoms with Crippen LogP contribution in [0.5, 0.6) is 17.2 Å². The number of nitrogens with zero attached hydrogens (tertiary/aromatic N) is 1. The van der Waals surface area contributed by atoms with Crippen LogP contribution in [0.3, 0.4) is 0 Å². The highest BCUT2D eigenvalue weighted by Crippen LogP contribution is 2.32. The number of hydrogen-bond donors (Lipinski definition) is 1. The molecule has 29 heavy (non-hydrogen) atoms. The third-order valence-corrected chi connectivity index (χ3v) is 4.93. The molecular weight excluding hydrogens is 409 g/mol. The Morgan fingerprint density at radius 1 is 1.14 bits per heavy atom. The molecule has 1 N–H and O–H groups in total. The number of aromatic nitrogens is 1. The lowest BCUT2D eigenvalue weighted by Gasteiger charge is -2.08. The maximum absolute atomic E-state index is 12.6. The molecule has 0 unspecified atom stereocenters. The number of thiazole rings is 1. The first kappa shape index (κ1) is 19.3. The molecule has 2 aromatic carbocycles. The maximum atomic E-state index is 12.6. The van der Waals surface area contributed by atoms with E-state index in [1.54, 1.807) is 24.3 Å². The first-order valence-corrected chi connectivity index (χ1v) is 9.50. The Kier molecular flexibility index (Phi) is 5.18. The van der Waals surface area contributed by atoms with Crippen molar-refractivity contribution in [1.29, 1.82) is 0 Å². The third-order valence-electron chi connectivity index (χ3n) is 3.99. The van der Waals surface area contributed by atoms with Gasteiger partial charge < -0.3 is 14.2 Å². The van der Waals surface area contributed by atoms with Crippen LogP contribution in [-0.2, 0) is 0 Å². The molecule has 1 aliphatic rings. The van der Waals surface area contributed by atoms with E-state index in [2.05, 4.69) is 10.3 Å². The number of fused-ring (bicyclic) bond motifs is 2. The third kappa shape index (κ3) is 4.70. The molecule has 0 radical (unpaired) electrons. The standard InChI is InChI=1S/C19H15F3N2O4S/c20-19(21,22)10-28-12-3-4-13-16(9-12)29-18(23-13)24-17(25)11-2-5-14-15(8-11)27-7-1-6-26-14/h2-5,8-9H,1,6-7,10H2,(H,23,24,25). The van der Waals surface area contributed by atoms with Crippen molar-refractivity contribution in [3.05, 3.63) is 42.0 Å². The van der Waals surface area contributed by atoms with Gasteiger partial charge in [0.15, 0.2) is 23.2 Å². The lowest BCUT2D eigenvalue weighted by molar-refractivity contribution is -0.153. The molecule has 0 atom stereocenters. The minimum Gasteiger partial charge on any atom is -0.490 e. The molecule has 4 rings (SSSR count). The van der Waals surface area contributed by atoms with Crippen LogP contribution in [0.2, 0.25) is 0 Å². The number of alkyl halides is 3. The second-order valence-corrected chi connectivity index (χ2v) is 7.25. The second-order valence-electron chi connectivity index (χ2n) is 6.22. The first-order valence-electron chi connectivity index (χ1n) is 8.68. The minimum absolute atomic E-state index is 0.0826. The molecule has 0 saturated carbocycles. The van der Waals surface area contributed by atoms with E-state index in [4.69, 9.17) is 14.2 Å². The molecule has 1 amide bonds. The van der Waals surface area contributed by atoms with E-state index in [1.807, 2.05) is 0 Å². The number of benzene rings is 2. The highest BCUT2D eigenvalue weighted by atomic mass is 32.1. The van der Waals surface area contributed by atoms with Crippen molar-refractivity contribution in [3.8, 4) is 17.2 Å². The molecule has 2 heterocycles. The first-order chi connectivity index (χ1) is 13.9. The molecule has 6 nitrogen and oxygen atoms in total. The highest BCUT2D eigenvalue weighted by molar-refractivity contribution is 7.22. The zero-order chi connectivity index (χ0) is 20.4. The van der Waals surface area contributed by atoms with Gasteiger partial charge in [0, 0.05) is 12.0 Å². The number of carbonyl (C=O) groups excluding carboxylic acids is 1. The van der Waals surface area contributed by atoms with Gasteiger partial charge in [-0.25, -0.2) is 4.98 Å². The van der Waals surface area contributed by atoms with E-state index in [0.29, 0.717) is 45.6 Å². The Morgan fingerprint density at radius 2 is 1.93 bits per heavy atom. The van der Waals surface area contributed by atoms with Crippen LogP contribution >= 0.6 is 11.3 Å². The van der Waals surface area contributed by atoms with Crippen molar-refractivity contribution in [2.75, 3.05) is 25.1 Å². The van der Waals surface area contributed by atoms with Gasteiger partial charge in [-0.3, -0.25) is 10.1 Å². The summed E-state index contributed by atoms with van der Waals surface area (Å²) in [5.74, 6) is 0.795. The lowest BCUT2D eigenvalue weighted by atomic mass is 10.2. The largest absolute Gasteiger partial charge is 0.490 e. The number of carbonyl (C=O) groups is 1. The van der Waals surface area contributed by atoms with Gasteiger partial charge in [0.25, 0.3) is 5.91 Å². The Hall–Kier alpha value is -3.01. The van der Waals surface area contributed by atoms with Crippen molar-refractivity contribution in [2.24, 2.45) is 0 Å². The van der Waals surface area contributed by atoms with Crippen LogP contribution in [0.1, 0.15) is 16.8 Å². The topological polar surface area (TPSA) is 69.7 Å². The summed E-state index contributed by atoms with van der Waals surface area (Å²) in [5.41, 5.74) is 0.922. The van der Waals surface area contributed by atoms with Crippen LogP contribution in [-0.4, -0.2) is 36.9 Å². The van der Waals surface area contributed by atoms with E-state index in [1.165, 1.54) is 12.1 Å². The number of amides is 1. The van der Waals surface area contributed by atoms with Gasteiger partial charge in [0.2, 0.25) is 0 Å². The van der Waals surface area contributed by atoms with Gasteiger partial charge in [-0.1, -0.05) is 11.3 Å². The molecular formula is C19H15F3N2O4S. The van der Waals surface area contributed by atoms with E-state index < -0.39 is 12.8 Å². The monoisotopic (exact) mass is 424 g/mol. The lowest BCUT2D eigenvalue weighted by Crippen LogP contribution is -2.19. The number of hydrogen-bond acceptors (Lipinski definition) is 6. The van der Waals surface area contributed by atoms with Crippen LogP contribution in [0, 0.1) is 0 Å². The fourth-order valence-electron chi connectivity index (χ4n) is 2.69. The summed E-state index contributed by atoms with van der Waals surface area (Å²) >= 11 is 1.14. The van der Waals surface area contributed by atoms with Gasteiger partial charge in [0.05, 0.1) is 23.4 Å². The van der Waals surface area contributed by atoms with Crippen molar-refractivity contribution < 1.29 is 32.2 Å². The molecule has 1 aliphatic heterocycles. The highest BCUT2D eigenvalue weighted by Gasteiger charge is 2.28. The van der Waals surface area contributed by atoms with Crippen LogP contribution in [0.25, 0.3) is 10.2 Å². The second kappa shape index (κ2) is 7.78. The van der Waals surface area contributed by atoms with Gasteiger partial charge in [-0.2, -0.15) is 13.2 Å². The molecule has 0 aliphatic carbocycles. The zero-order valence-corrected chi connectivity index (χ0v) is 15.7. The zero-order valence-electron chi connectivity index (χ0n) is 14.9. The van der Waals surface area contributed by atoms with Gasteiger partial charge >= 0.3 is 6.18 Å². The Balaban J connectivity index is 1.49. The van der Waals surface area contributed by atoms with Gasteiger partial charge in [-0.15, -0.1) is 0 Å². The van der Waals surface area contributed by atoms with Crippen molar-refractivity contribution in [3.63, 3.8) is 0 Å². The SMILES string of the molecule is O=C(Nc1nc2ccc(OCC(F)(F)F)cc2s1)c1ccc2c(c1)OCCCO2. The smallest absolute Gasteiger partial charge is 0.422 e. The quantitative estimate of drug-likeness (QED) is 0.660. The average molecular weight is 424 g/mol. The maximum Gasteiger partial charge on any atom is 0.422 e. The minimum atomic E-state index is -4.41. The number of ether oxygens (including phenoxy) is 3. The predicted molar refractivity (Wildman–Crippen MR) is 101 cm³/mol. The summed E-state index contributed by atoms with van der Waals surface area (Å²) < 4.78 is 53.3. The van der Waals surface area contributed by atoms with E-state index in [9.17, 15) is 18.0 Å². The van der Waals surface area contributed by atoms with Gasteiger partial charge in [-0.05, 0) is 36.4 Å². The number of rotatable bonds is 4. The van der Waals surface area contributed by atoms with E-state index >= 15 is 0 Å². The fraction of sp³-hybridized carbons (Fsp3) is 0.263. The summed E-state index contributed by atoms with van der Waals surface area (Å²) in [6.45, 7) is -0.307. The van der Waals surface area contributed by atoms with Crippen LogP contribution in [0.4, 0.5) is 18.3 Å². The van der Waals surface area contributed by atoms with Crippen molar-refractivity contribution in [1.82, 2.24) is 4.98 Å². The Labute approximate surface area is 167 Å². The summed E-state index contributed by atoms with van der Waals surface area (Å²) in [5, 5.41) is 3.02. The van der Waals surface area contributed by atoms with E-state index in [-0.39, 0.29) is 11.7 Å². The summed E-state index contributed by atoms with van der Waals surface area (Å²) in [6.07, 6.45) is -3.65. The molecule has 1 aromatic heterocycles. The number of halogens is 3. The number of nitrogens with one attached hydrogen (secondary N) is 1. The van der Waals surface area contributed by atoms with Crippen molar-refractivity contribution >= 4 is 32.6 Å². The summed E-state index contributed by atoms with van der Waals surface area (Å²) in [7, 11) is 0. The van der Waals surface area contributed by atoms with Crippen LogP contribution in [0.15, 0.2) is 36.4 Å². The molecule has 152 valence electrons. The fourth-order valence-corrected chi connectivity index (χ4v) is 3.58. The number of anilines is 1. The van der Waals surface area contributed by atoms with Crippen molar-refractivity contribution in [2.45, 2.75) is 12.6 Å². The normalized spacial score (nSPS) is 13.8. The molecule has 10 heteroatoms. The molecule has 3 aromatic rings. The molecule has 0 bridgehead atoms. The summed E-state index contributed by atoms with van der Waals surface area (Å²) in [4.78, 5) is 16.8. The van der Waals surface area contributed by atoms with Gasteiger partial charge in [0.1, 0.15) is 5.75 Å². The van der Waals surface area contributed by atoms with E-state index in [0.717, 1.165) is 17.8 Å². The Bertz CT molecular complexity index is 1050. The Morgan fingerprint density at radius 3 is 2.72 bits per heavy atom. The predicted octanol–water partition coefficient (Wildman–Crippen LogP) is 4.65.